The van der Waals surface area contributed by atoms with Crippen molar-refractivity contribution in [2.75, 3.05) is 18.1 Å². The Morgan fingerprint density at radius 2 is 2.23 bits per heavy atom. The average molecular weight is 332 g/mol. The molecule has 0 bridgehead atoms. The predicted octanol–water partition coefficient (Wildman–Crippen LogP) is 5.01. The number of rotatable bonds is 3. The summed E-state index contributed by atoms with van der Waals surface area (Å²) in [7, 11) is 0. The van der Waals surface area contributed by atoms with Gasteiger partial charge < -0.3 is 10.2 Å². The lowest BCUT2D eigenvalue weighted by atomic mass is 9.98. The van der Waals surface area contributed by atoms with Crippen LogP contribution < -0.4 is 5.32 Å². The van der Waals surface area contributed by atoms with Gasteiger partial charge in [0.1, 0.15) is 0 Å². The van der Waals surface area contributed by atoms with Gasteiger partial charge in [0.2, 0.25) is 0 Å². The van der Waals surface area contributed by atoms with Crippen LogP contribution in [0.1, 0.15) is 29.8 Å². The van der Waals surface area contributed by atoms with E-state index < -0.39 is 0 Å². The van der Waals surface area contributed by atoms with E-state index in [0.29, 0.717) is 0 Å². The summed E-state index contributed by atoms with van der Waals surface area (Å²) in [5.74, 6) is 0. The highest BCUT2D eigenvalue weighted by Crippen LogP contribution is 2.35. The van der Waals surface area contributed by atoms with Crippen molar-refractivity contribution in [2.24, 2.45) is 0 Å². The molecule has 1 aliphatic rings. The van der Waals surface area contributed by atoms with Crippen LogP contribution in [0.5, 0.6) is 0 Å². The summed E-state index contributed by atoms with van der Waals surface area (Å²) in [4.78, 5) is 17.2. The van der Waals surface area contributed by atoms with Gasteiger partial charge in [0.15, 0.2) is 0 Å². The van der Waals surface area contributed by atoms with Crippen LogP contribution in [0.15, 0.2) is 40.6 Å². The molecule has 2 heterocycles. The third-order valence-electron chi connectivity index (χ3n) is 4.09. The van der Waals surface area contributed by atoms with E-state index in [0.717, 1.165) is 30.0 Å². The van der Waals surface area contributed by atoms with E-state index in [4.69, 9.17) is 0 Å². The summed E-state index contributed by atoms with van der Waals surface area (Å²) in [6, 6.07) is 10.3. The van der Waals surface area contributed by atoms with Crippen molar-refractivity contribution >= 4 is 34.8 Å². The SMILES string of the molecule is CCC1c2ccsc2CCN1C(=O)Nc1ccccc1SC. The molecule has 0 radical (unpaired) electrons. The molecule has 0 saturated heterocycles. The van der Waals surface area contributed by atoms with Gasteiger partial charge in [-0.05, 0) is 48.2 Å². The number of carbonyl (C=O) groups is 1. The normalized spacial score (nSPS) is 17.2. The van der Waals surface area contributed by atoms with Gasteiger partial charge in [-0.25, -0.2) is 4.79 Å². The lowest BCUT2D eigenvalue weighted by Gasteiger charge is -2.35. The first-order valence-corrected chi connectivity index (χ1v) is 9.62. The minimum Gasteiger partial charge on any atom is -0.317 e. The quantitative estimate of drug-likeness (QED) is 0.801. The third kappa shape index (κ3) is 2.88. The molecule has 22 heavy (non-hydrogen) atoms. The zero-order valence-electron chi connectivity index (χ0n) is 12.8. The molecular weight excluding hydrogens is 312 g/mol. The second-order valence-corrected chi connectivity index (χ2v) is 7.15. The number of benzene rings is 1. The Bertz CT molecular complexity index is 668. The van der Waals surface area contributed by atoms with Crippen molar-refractivity contribution in [3.63, 3.8) is 0 Å². The first-order valence-electron chi connectivity index (χ1n) is 7.51. The molecule has 1 unspecified atom stereocenters. The number of carbonyl (C=O) groups excluding carboxylic acids is 1. The lowest BCUT2D eigenvalue weighted by molar-refractivity contribution is 0.181. The first-order chi connectivity index (χ1) is 10.7. The summed E-state index contributed by atoms with van der Waals surface area (Å²) in [5, 5.41) is 5.22. The maximum absolute atomic E-state index is 12.7. The van der Waals surface area contributed by atoms with Gasteiger partial charge in [0, 0.05) is 16.3 Å². The molecule has 3 rings (SSSR count). The smallest absolute Gasteiger partial charge is 0.317 e. The van der Waals surface area contributed by atoms with Crippen LogP contribution in [0.3, 0.4) is 0 Å². The van der Waals surface area contributed by atoms with E-state index in [-0.39, 0.29) is 12.1 Å². The van der Waals surface area contributed by atoms with E-state index >= 15 is 0 Å². The summed E-state index contributed by atoms with van der Waals surface area (Å²) in [6.07, 6.45) is 3.93. The standard InChI is InChI=1S/C17H20N2OS2/c1-3-14-12-9-11-22-15(12)8-10-19(14)17(20)18-13-6-4-5-7-16(13)21-2/h4-7,9,11,14H,3,8,10H2,1-2H3,(H,18,20). The number of amides is 2. The van der Waals surface area contributed by atoms with Crippen LogP contribution in [0.25, 0.3) is 0 Å². The molecular formula is C17H20N2OS2. The number of anilines is 1. The molecule has 2 aromatic rings. The molecule has 116 valence electrons. The summed E-state index contributed by atoms with van der Waals surface area (Å²) in [6.45, 7) is 2.94. The minimum absolute atomic E-state index is 0.00481. The highest BCUT2D eigenvalue weighted by molar-refractivity contribution is 7.98. The molecule has 0 spiro atoms. The molecule has 5 heteroatoms. The summed E-state index contributed by atoms with van der Waals surface area (Å²) >= 11 is 3.46. The zero-order valence-corrected chi connectivity index (χ0v) is 14.5. The van der Waals surface area contributed by atoms with Crippen molar-refractivity contribution in [3.05, 3.63) is 46.2 Å². The summed E-state index contributed by atoms with van der Waals surface area (Å²) < 4.78 is 0. The topological polar surface area (TPSA) is 32.3 Å². The number of hydrogen-bond donors (Lipinski definition) is 1. The monoisotopic (exact) mass is 332 g/mol. The van der Waals surface area contributed by atoms with Crippen molar-refractivity contribution in [3.8, 4) is 0 Å². The molecule has 1 N–H and O–H groups in total. The molecule has 0 aliphatic carbocycles. The van der Waals surface area contributed by atoms with Crippen LogP contribution in [0.4, 0.5) is 10.5 Å². The minimum atomic E-state index is 0.00481. The average Bonchev–Trinajstić information content (AvgIpc) is 3.02. The molecule has 1 aliphatic heterocycles. The number of hydrogen-bond acceptors (Lipinski definition) is 3. The Morgan fingerprint density at radius 3 is 3.00 bits per heavy atom. The van der Waals surface area contributed by atoms with Gasteiger partial charge in [0.05, 0.1) is 11.7 Å². The van der Waals surface area contributed by atoms with Crippen molar-refractivity contribution in [1.29, 1.82) is 0 Å². The molecule has 0 saturated carbocycles. The second kappa shape index (κ2) is 6.75. The predicted molar refractivity (Wildman–Crippen MR) is 95.0 cm³/mol. The molecule has 3 nitrogen and oxygen atoms in total. The van der Waals surface area contributed by atoms with E-state index in [1.807, 2.05) is 35.4 Å². The number of urea groups is 1. The van der Waals surface area contributed by atoms with Gasteiger partial charge in [0.25, 0.3) is 0 Å². The van der Waals surface area contributed by atoms with E-state index in [2.05, 4.69) is 23.7 Å². The largest absolute Gasteiger partial charge is 0.322 e. The van der Waals surface area contributed by atoms with Crippen LogP contribution >= 0.6 is 23.1 Å². The van der Waals surface area contributed by atoms with Crippen LogP contribution in [-0.4, -0.2) is 23.7 Å². The maximum atomic E-state index is 12.7. The van der Waals surface area contributed by atoms with Gasteiger partial charge in [-0.2, -0.15) is 0 Å². The highest BCUT2D eigenvalue weighted by Gasteiger charge is 2.30. The molecule has 1 aromatic carbocycles. The Labute approximate surface area is 139 Å². The van der Waals surface area contributed by atoms with Gasteiger partial charge >= 0.3 is 6.03 Å². The fourth-order valence-electron chi connectivity index (χ4n) is 3.01. The van der Waals surface area contributed by atoms with Crippen LogP contribution in [0.2, 0.25) is 0 Å². The fourth-order valence-corrected chi connectivity index (χ4v) is 4.50. The number of thiophene rings is 1. The van der Waals surface area contributed by atoms with Crippen LogP contribution in [-0.2, 0) is 6.42 Å². The Balaban J connectivity index is 1.80. The lowest BCUT2D eigenvalue weighted by Crippen LogP contribution is -2.41. The number of nitrogens with zero attached hydrogens (tertiary/aromatic N) is 1. The Kier molecular flexibility index (Phi) is 4.74. The number of thioether (sulfide) groups is 1. The number of nitrogens with one attached hydrogen (secondary N) is 1. The van der Waals surface area contributed by atoms with Crippen molar-refractivity contribution in [1.82, 2.24) is 4.90 Å². The Hall–Kier alpha value is -1.46. The maximum Gasteiger partial charge on any atom is 0.322 e. The molecule has 1 aromatic heterocycles. The number of fused-ring (bicyclic) bond motifs is 1. The fraction of sp³-hybridized carbons (Fsp3) is 0.353. The number of para-hydroxylation sites is 1. The van der Waals surface area contributed by atoms with Gasteiger partial charge in [-0.1, -0.05) is 19.1 Å². The zero-order chi connectivity index (χ0) is 15.5. The Morgan fingerprint density at radius 1 is 1.41 bits per heavy atom. The van der Waals surface area contributed by atoms with E-state index in [9.17, 15) is 4.79 Å². The molecule has 0 fully saturated rings. The van der Waals surface area contributed by atoms with Gasteiger partial charge in [-0.3, -0.25) is 0 Å². The molecule has 2 amide bonds. The highest BCUT2D eigenvalue weighted by atomic mass is 32.2. The molecule has 1 atom stereocenters. The van der Waals surface area contributed by atoms with Gasteiger partial charge in [-0.15, -0.1) is 23.1 Å². The summed E-state index contributed by atoms with van der Waals surface area (Å²) in [5.41, 5.74) is 2.22. The van der Waals surface area contributed by atoms with Crippen molar-refractivity contribution < 1.29 is 4.79 Å². The first kappa shape index (κ1) is 15.4. The van der Waals surface area contributed by atoms with E-state index in [1.165, 1.54) is 10.4 Å². The third-order valence-corrected chi connectivity index (χ3v) is 5.88. The van der Waals surface area contributed by atoms with Crippen molar-refractivity contribution in [2.45, 2.75) is 30.7 Å². The second-order valence-electron chi connectivity index (χ2n) is 5.30. The van der Waals surface area contributed by atoms with Crippen LogP contribution in [0, 0.1) is 0 Å². The van der Waals surface area contributed by atoms with E-state index in [1.54, 1.807) is 23.1 Å².